The Balaban J connectivity index is 1.09. The third kappa shape index (κ3) is 13.2. The number of fused-ring (bicyclic) bond motifs is 1. The smallest absolute Gasteiger partial charge is 0.315 e. The molecule has 0 aliphatic carbocycles. The fourth-order valence-electron chi connectivity index (χ4n) is 4.80. The molecule has 2 amide bonds. The summed E-state index contributed by atoms with van der Waals surface area (Å²) >= 11 is 1.92. The van der Waals surface area contributed by atoms with E-state index in [0.717, 1.165) is 43.7 Å². The van der Waals surface area contributed by atoms with Gasteiger partial charge in [0.05, 0.1) is 45.1 Å². The van der Waals surface area contributed by atoms with Gasteiger partial charge in [0.25, 0.3) is 0 Å². The van der Waals surface area contributed by atoms with Gasteiger partial charge < -0.3 is 35.9 Å². The van der Waals surface area contributed by atoms with E-state index in [9.17, 15) is 9.59 Å². The topological polar surface area (TPSA) is 163 Å². The Morgan fingerprint density at radius 1 is 0.952 bits per heavy atom. The van der Waals surface area contributed by atoms with Crippen molar-refractivity contribution >= 4 is 29.5 Å². The van der Waals surface area contributed by atoms with Gasteiger partial charge in [-0.05, 0) is 32.2 Å². The number of aryl methyl sites for hydroxylation is 2. The second-order valence-electron chi connectivity index (χ2n) is 10.4. The van der Waals surface area contributed by atoms with Crippen molar-refractivity contribution < 1.29 is 23.8 Å². The van der Waals surface area contributed by atoms with Gasteiger partial charge >= 0.3 is 6.03 Å². The number of nitrogens with zero attached hydrogens (tertiary/aromatic N) is 3. The number of terminal acetylenes is 1. The van der Waals surface area contributed by atoms with E-state index < -0.39 is 0 Å². The first kappa shape index (κ1) is 34.0. The third-order valence-electron chi connectivity index (χ3n) is 6.98. The molecule has 5 N–H and O–H groups in total. The molecular weight excluding hydrogens is 558 g/mol. The summed E-state index contributed by atoms with van der Waals surface area (Å²) in [5.74, 6) is 5.81. The Labute approximate surface area is 253 Å². The maximum atomic E-state index is 12.1. The minimum atomic E-state index is -0.0499. The highest BCUT2D eigenvalue weighted by molar-refractivity contribution is 8.00. The molecule has 2 saturated heterocycles. The zero-order valence-electron chi connectivity index (χ0n) is 24.6. The number of amides is 2. The molecule has 3 atom stereocenters. The summed E-state index contributed by atoms with van der Waals surface area (Å²) in [5, 5.41) is 9.61. The van der Waals surface area contributed by atoms with Crippen molar-refractivity contribution in [1.29, 1.82) is 0 Å². The summed E-state index contributed by atoms with van der Waals surface area (Å²) in [7, 11) is 0. The number of unbranched alkanes of at least 4 members (excludes halogenated alkanes) is 1. The molecule has 0 bridgehead atoms. The van der Waals surface area contributed by atoms with Crippen LogP contribution < -0.4 is 21.7 Å². The van der Waals surface area contributed by atoms with Crippen molar-refractivity contribution in [1.82, 2.24) is 25.6 Å². The lowest BCUT2D eigenvalue weighted by Gasteiger charge is -2.16. The second-order valence-corrected chi connectivity index (χ2v) is 11.6. The van der Waals surface area contributed by atoms with Gasteiger partial charge in [0.15, 0.2) is 0 Å². The lowest BCUT2D eigenvalue weighted by atomic mass is 10.0. The monoisotopic (exact) mass is 605 g/mol. The number of aromatic nitrogens is 3. The van der Waals surface area contributed by atoms with Gasteiger partial charge in [-0.3, -0.25) is 4.79 Å². The molecule has 12 nitrogen and oxygen atoms in total. The van der Waals surface area contributed by atoms with Crippen LogP contribution in [-0.4, -0.2) is 103 Å². The molecule has 0 saturated carbocycles. The van der Waals surface area contributed by atoms with Crippen molar-refractivity contribution in [2.24, 2.45) is 5.73 Å². The number of hydrogen-bond donors (Lipinski definition) is 4. The minimum Gasteiger partial charge on any atom is -0.379 e. The van der Waals surface area contributed by atoms with Crippen LogP contribution in [0, 0.1) is 12.3 Å². The van der Waals surface area contributed by atoms with Crippen molar-refractivity contribution in [3.05, 3.63) is 11.6 Å². The number of ether oxygens (including phenoxy) is 3. The second kappa shape index (κ2) is 20.4. The fraction of sp³-hybridized carbons (Fsp3) is 0.759. The predicted octanol–water partition coefficient (Wildman–Crippen LogP) is 1.87. The summed E-state index contributed by atoms with van der Waals surface area (Å²) in [6.07, 6.45) is 12.9. The normalized spacial score (nSPS) is 19.2. The first-order chi connectivity index (χ1) is 20.6. The Kier molecular flexibility index (Phi) is 16.5. The number of nitrogens with one attached hydrogen (secondary N) is 3. The molecule has 1 aromatic heterocycles. The third-order valence-corrected chi connectivity index (χ3v) is 8.48. The first-order valence-corrected chi connectivity index (χ1v) is 16.2. The molecule has 0 spiro atoms. The van der Waals surface area contributed by atoms with Crippen LogP contribution in [-0.2, 0) is 31.8 Å². The first-order valence-electron chi connectivity index (χ1n) is 15.1. The van der Waals surface area contributed by atoms with Crippen molar-refractivity contribution in [3.63, 3.8) is 0 Å². The zero-order chi connectivity index (χ0) is 29.8. The Morgan fingerprint density at radius 3 is 2.43 bits per heavy atom. The number of ketones is 1. The minimum absolute atomic E-state index is 0.0499. The number of rotatable bonds is 24. The number of nitrogens with two attached hydrogens (primary N) is 1. The van der Waals surface area contributed by atoms with Gasteiger partial charge in [-0.25, -0.2) is 9.78 Å². The van der Waals surface area contributed by atoms with Crippen LogP contribution in [0.3, 0.4) is 0 Å². The van der Waals surface area contributed by atoms with Gasteiger partial charge in [0.1, 0.15) is 17.4 Å². The van der Waals surface area contributed by atoms with Gasteiger partial charge in [-0.15, -0.1) is 12.3 Å². The number of Topliss-reactive ketones (excluding diaryl/α,β-unsaturated/α-hetero) is 1. The molecule has 0 aromatic carbocycles. The van der Waals surface area contributed by atoms with E-state index in [-0.39, 0.29) is 18.1 Å². The standard InChI is InChI=1S/C29H47N7O5S/c1-2-3-11-25-33-26(12-6-13-30)35-28(34-25)31-14-16-40-18-20-41-19-17-39-15-7-9-22(37)8-4-5-10-24-27-23(21-42-24)32-29(38)36-27/h1,23-24,27H,3-21,30H2,(H2,32,36,38)(H,31,33,34,35)/t23-,24-,27-/m0/s1. The van der Waals surface area contributed by atoms with Crippen LogP contribution >= 0.6 is 11.8 Å². The number of hydrogen-bond acceptors (Lipinski definition) is 11. The van der Waals surface area contributed by atoms with Crippen molar-refractivity contribution in [2.75, 3.05) is 63.8 Å². The van der Waals surface area contributed by atoms with E-state index in [0.29, 0.717) is 108 Å². The quantitative estimate of drug-likeness (QED) is 0.0773. The van der Waals surface area contributed by atoms with E-state index >= 15 is 0 Å². The maximum absolute atomic E-state index is 12.1. The van der Waals surface area contributed by atoms with E-state index in [1.54, 1.807) is 0 Å². The van der Waals surface area contributed by atoms with E-state index in [1.807, 2.05) is 11.8 Å². The van der Waals surface area contributed by atoms with Crippen LogP contribution in [0.15, 0.2) is 0 Å². The number of urea groups is 1. The summed E-state index contributed by atoms with van der Waals surface area (Å²) in [5.41, 5.74) is 5.60. The van der Waals surface area contributed by atoms with Crippen LogP contribution in [0.1, 0.15) is 63.0 Å². The molecular formula is C29H47N7O5S. The van der Waals surface area contributed by atoms with Gasteiger partial charge in [0, 0.05) is 56.3 Å². The average molecular weight is 606 g/mol. The molecule has 42 heavy (non-hydrogen) atoms. The van der Waals surface area contributed by atoms with Gasteiger partial charge in [0.2, 0.25) is 5.95 Å². The highest BCUT2D eigenvalue weighted by Crippen LogP contribution is 2.33. The van der Waals surface area contributed by atoms with Crippen LogP contribution in [0.5, 0.6) is 0 Å². The fourth-order valence-corrected chi connectivity index (χ4v) is 6.34. The molecule has 2 aliphatic rings. The number of carbonyl (C=O) groups is 2. The maximum Gasteiger partial charge on any atom is 0.315 e. The van der Waals surface area contributed by atoms with Crippen LogP contribution in [0.2, 0.25) is 0 Å². The number of thioether (sulfide) groups is 1. The summed E-state index contributed by atoms with van der Waals surface area (Å²) in [6, 6.07) is 0.449. The van der Waals surface area contributed by atoms with Gasteiger partial charge in [-0.2, -0.15) is 21.7 Å². The zero-order valence-corrected chi connectivity index (χ0v) is 25.4. The highest BCUT2D eigenvalue weighted by Gasteiger charge is 2.42. The Hall–Kier alpha value is -2.50. The highest BCUT2D eigenvalue weighted by atomic mass is 32.2. The molecule has 3 rings (SSSR count). The average Bonchev–Trinajstić information content (AvgIpc) is 3.54. The van der Waals surface area contributed by atoms with Crippen LogP contribution in [0.4, 0.5) is 10.7 Å². The molecule has 13 heteroatoms. The summed E-state index contributed by atoms with van der Waals surface area (Å²) < 4.78 is 16.7. The Morgan fingerprint density at radius 2 is 1.67 bits per heavy atom. The van der Waals surface area contributed by atoms with Gasteiger partial charge in [-0.1, -0.05) is 6.42 Å². The predicted molar refractivity (Wildman–Crippen MR) is 164 cm³/mol. The summed E-state index contributed by atoms with van der Waals surface area (Å²) in [6.45, 7) is 4.15. The largest absolute Gasteiger partial charge is 0.379 e. The molecule has 0 unspecified atom stereocenters. The Bertz CT molecular complexity index is 996. The van der Waals surface area contributed by atoms with Crippen molar-refractivity contribution in [3.8, 4) is 12.3 Å². The molecule has 3 heterocycles. The van der Waals surface area contributed by atoms with Crippen molar-refractivity contribution in [2.45, 2.75) is 81.5 Å². The lowest BCUT2D eigenvalue weighted by molar-refractivity contribution is -0.119. The van der Waals surface area contributed by atoms with E-state index in [1.165, 1.54) is 0 Å². The van der Waals surface area contributed by atoms with E-state index in [4.69, 9.17) is 26.4 Å². The molecule has 1 aromatic rings. The van der Waals surface area contributed by atoms with E-state index in [2.05, 4.69) is 36.8 Å². The summed E-state index contributed by atoms with van der Waals surface area (Å²) in [4.78, 5) is 36.9. The molecule has 2 aliphatic heterocycles. The SMILES string of the molecule is C#CCCc1nc(CCCN)nc(NCCOCCOCCOCCCC(=O)CCCC[C@@H]2SC[C@@H]3NC(=O)N[C@@H]32)n1. The molecule has 234 valence electrons. The van der Waals surface area contributed by atoms with Crippen LogP contribution in [0.25, 0.3) is 0 Å². The number of anilines is 1. The lowest BCUT2D eigenvalue weighted by Crippen LogP contribution is -2.36. The number of carbonyl (C=O) groups excluding carboxylic acids is 2. The molecule has 0 radical (unpaired) electrons. The molecule has 2 fully saturated rings.